The molecule has 0 aromatic heterocycles. The molecule has 2 saturated heterocycles. The van der Waals surface area contributed by atoms with Gasteiger partial charge >= 0.3 is 11.9 Å². The molecule has 0 radical (unpaired) electrons. The van der Waals surface area contributed by atoms with Crippen molar-refractivity contribution in [2.45, 2.75) is 31.6 Å². The lowest BCUT2D eigenvalue weighted by Gasteiger charge is -2.40. The van der Waals surface area contributed by atoms with E-state index in [1.54, 1.807) is 12.1 Å². The molecule has 0 aliphatic carbocycles. The summed E-state index contributed by atoms with van der Waals surface area (Å²) in [7, 11) is 0. The molecule has 170 valence electrons. The quantitative estimate of drug-likeness (QED) is 0.691. The van der Waals surface area contributed by atoms with E-state index in [1.807, 2.05) is 17.0 Å². The predicted octanol–water partition coefficient (Wildman–Crippen LogP) is 3.14. The Balaban J connectivity index is 0.000000427. The zero-order chi connectivity index (χ0) is 23.1. The molecule has 7 nitrogen and oxygen atoms in total. The molecule has 2 N–H and O–H groups in total. The minimum Gasteiger partial charge on any atom is -0.473 e. The number of para-hydroxylation sites is 1. The van der Waals surface area contributed by atoms with Gasteiger partial charge in [-0.05, 0) is 48.6 Å². The van der Waals surface area contributed by atoms with Crippen molar-refractivity contribution in [3.05, 3.63) is 65.5 Å². The summed E-state index contributed by atoms with van der Waals surface area (Å²) >= 11 is 0. The van der Waals surface area contributed by atoms with E-state index in [0.717, 1.165) is 56.7 Å². The molecule has 0 saturated carbocycles. The number of halogens is 1. The van der Waals surface area contributed by atoms with Crippen molar-refractivity contribution < 1.29 is 29.0 Å². The molecule has 0 atom stereocenters. The van der Waals surface area contributed by atoms with Gasteiger partial charge in [0.2, 0.25) is 5.91 Å². The number of likely N-dealkylation sites (tertiary alicyclic amines) is 1. The number of amides is 1. The molecule has 2 fully saturated rings. The minimum absolute atomic E-state index is 0.152. The number of benzene rings is 2. The van der Waals surface area contributed by atoms with Crippen LogP contribution in [0.4, 0.5) is 10.1 Å². The van der Waals surface area contributed by atoms with Crippen LogP contribution in [0.1, 0.15) is 36.3 Å². The Morgan fingerprint density at radius 2 is 1.72 bits per heavy atom. The average Bonchev–Trinajstić information content (AvgIpc) is 2.74. The number of anilines is 1. The lowest BCUT2D eigenvalue weighted by atomic mass is 9.91. The maximum atomic E-state index is 13.4. The van der Waals surface area contributed by atoms with Crippen LogP contribution >= 0.6 is 0 Å². The average molecular weight is 442 g/mol. The van der Waals surface area contributed by atoms with E-state index < -0.39 is 11.9 Å². The number of nitrogens with zero attached hydrogens (tertiary/aromatic N) is 2. The number of hydrogen-bond acceptors (Lipinski definition) is 4. The van der Waals surface area contributed by atoms with E-state index in [2.05, 4.69) is 23.1 Å². The van der Waals surface area contributed by atoms with Crippen LogP contribution in [0.2, 0.25) is 0 Å². The molecule has 2 heterocycles. The van der Waals surface area contributed by atoms with Crippen molar-refractivity contribution in [1.29, 1.82) is 0 Å². The molecule has 2 aliphatic rings. The van der Waals surface area contributed by atoms with Gasteiger partial charge in [-0.25, -0.2) is 14.0 Å². The summed E-state index contributed by atoms with van der Waals surface area (Å²) < 4.78 is 13.4. The van der Waals surface area contributed by atoms with Crippen molar-refractivity contribution in [3.63, 3.8) is 0 Å². The second-order valence-electron chi connectivity index (χ2n) is 8.00. The lowest BCUT2D eigenvalue weighted by molar-refractivity contribution is -0.159. The van der Waals surface area contributed by atoms with E-state index in [4.69, 9.17) is 19.8 Å². The van der Waals surface area contributed by atoms with Gasteiger partial charge in [-0.2, -0.15) is 0 Å². The van der Waals surface area contributed by atoms with E-state index in [9.17, 15) is 9.18 Å². The Morgan fingerprint density at radius 1 is 1.00 bits per heavy atom. The number of piperidine rings is 1. The van der Waals surface area contributed by atoms with E-state index in [-0.39, 0.29) is 11.7 Å². The molecule has 8 heteroatoms. The fraction of sp³-hybridized carbons (Fsp3) is 0.375. The van der Waals surface area contributed by atoms with Crippen LogP contribution in [-0.4, -0.2) is 59.1 Å². The van der Waals surface area contributed by atoms with Gasteiger partial charge in [-0.3, -0.25) is 4.79 Å². The maximum Gasteiger partial charge on any atom is 0.414 e. The van der Waals surface area contributed by atoms with Crippen molar-refractivity contribution >= 4 is 23.5 Å². The first kappa shape index (κ1) is 23.4. The zero-order valence-electron chi connectivity index (χ0n) is 17.7. The van der Waals surface area contributed by atoms with Crippen LogP contribution in [0.3, 0.4) is 0 Å². The lowest BCUT2D eigenvalue weighted by Crippen LogP contribution is -2.45. The highest BCUT2D eigenvalue weighted by Crippen LogP contribution is 2.29. The molecule has 2 aromatic rings. The Labute approximate surface area is 186 Å². The number of rotatable bonds is 5. The molecule has 0 spiro atoms. The number of carbonyl (C=O) groups is 3. The molecule has 4 rings (SSSR count). The van der Waals surface area contributed by atoms with Crippen molar-refractivity contribution in [3.8, 4) is 0 Å². The van der Waals surface area contributed by atoms with Crippen LogP contribution in [0.25, 0.3) is 0 Å². The van der Waals surface area contributed by atoms with Gasteiger partial charge < -0.3 is 20.0 Å². The van der Waals surface area contributed by atoms with Gasteiger partial charge in [0.1, 0.15) is 5.82 Å². The van der Waals surface area contributed by atoms with Crippen LogP contribution in [0, 0.1) is 5.82 Å². The first-order valence-corrected chi connectivity index (χ1v) is 10.7. The molecule has 0 bridgehead atoms. The Bertz CT molecular complexity index is 962. The van der Waals surface area contributed by atoms with Crippen molar-refractivity contribution in [2.24, 2.45) is 0 Å². The smallest absolute Gasteiger partial charge is 0.414 e. The summed E-state index contributed by atoms with van der Waals surface area (Å²) in [6.07, 6.45) is 3.69. The van der Waals surface area contributed by atoms with E-state index in [0.29, 0.717) is 12.3 Å². The summed E-state index contributed by atoms with van der Waals surface area (Å²) in [6, 6.07) is 15.2. The van der Waals surface area contributed by atoms with Crippen LogP contribution < -0.4 is 4.90 Å². The Kier molecular flexibility index (Phi) is 7.94. The summed E-state index contributed by atoms with van der Waals surface area (Å²) in [6.45, 7) is 3.77. The number of carboxylic acid groups (broad SMARTS) is 2. The van der Waals surface area contributed by atoms with E-state index in [1.165, 1.54) is 11.6 Å². The van der Waals surface area contributed by atoms with Gasteiger partial charge in [-0.1, -0.05) is 30.3 Å². The second-order valence-corrected chi connectivity index (χ2v) is 8.00. The summed E-state index contributed by atoms with van der Waals surface area (Å²) in [5, 5.41) is 14.8. The standard InChI is InChI=1S/C22H25FN2O.C2H2O4/c23-20-8-5-7-18(14-20)19-15-24(16-19)13-11-17-6-1-2-9-21(17)25-12-4-3-10-22(25)26;3-1(4)2(5)6/h1-2,5-9,14,19H,3-4,10-13,15-16H2;(H,3,4)(H,5,6). The third-order valence-corrected chi connectivity index (χ3v) is 5.76. The zero-order valence-corrected chi connectivity index (χ0v) is 17.7. The third-order valence-electron chi connectivity index (χ3n) is 5.76. The highest BCUT2D eigenvalue weighted by molar-refractivity contribution is 6.27. The van der Waals surface area contributed by atoms with Gasteiger partial charge in [0.15, 0.2) is 0 Å². The maximum absolute atomic E-state index is 13.4. The SMILES string of the molecule is O=C(O)C(=O)O.O=C1CCCCN1c1ccccc1CCN1CC(c2cccc(F)c2)C1. The molecule has 2 aromatic carbocycles. The molecular formula is C24H27FN2O5. The highest BCUT2D eigenvalue weighted by Gasteiger charge is 2.28. The number of hydrogen-bond donors (Lipinski definition) is 2. The van der Waals surface area contributed by atoms with Crippen molar-refractivity contribution in [2.75, 3.05) is 31.1 Å². The number of carbonyl (C=O) groups excluding carboxylic acids is 1. The summed E-state index contributed by atoms with van der Waals surface area (Å²) in [5.41, 5.74) is 3.43. The molecule has 0 unspecified atom stereocenters. The third kappa shape index (κ3) is 6.13. The normalized spacial score (nSPS) is 16.7. The highest BCUT2D eigenvalue weighted by atomic mass is 19.1. The first-order chi connectivity index (χ1) is 15.3. The molecule has 32 heavy (non-hydrogen) atoms. The Morgan fingerprint density at radius 3 is 2.38 bits per heavy atom. The molecule has 1 amide bonds. The molecule has 2 aliphatic heterocycles. The Hall–Kier alpha value is -3.26. The van der Waals surface area contributed by atoms with Crippen molar-refractivity contribution in [1.82, 2.24) is 4.90 Å². The molecular weight excluding hydrogens is 415 g/mol. The fourth-order valence-corrected chi connectivity index (χ4v) is 4.05. The van der Waals surface area contributed by atoms with Gasteiger partial charge in [0.25, 0.3) is 0 Å². The largest absolute Gasteiger partial charge is 0.473 e. The minimum atomic E-state index is -1.82. The first-order valence-electron chi connectivity index (χ1n) is 10.7. The summed E-state index contributed by atoms with van der Waals surface area (Å²) in [4.78, 5) is 34.8. The van der Waals surface area contributed by atoms with Gasteiger partial charge in [-0.15, -0.1) is 0 Å². The van der Waals surface area contributed by atoms with E-state index >= 15 is 0 Å². The number of carboxylic acids is 2. The van der Waals surface area contributed by atoms with Crippen LogP contribution in [0.15, 0.2) is 48.5 Å². The van der Waals surface area contributed by atoms with Crippen LogP contribution in [0.5, 0.6) is 0 Å². The topological polar surface area (TPSA) is 98.1 Å². The fourth-order valence-electron chi connectivity index (χ4n) is 4.05. The number of aliphatic carboxylic acids is 2. The van der Waals surface area contributed by atoms with Gasteiger partial charge in [0.05, 0.1) is 0 Å². The second kappa shape index (κ2) is 10.9. The van der Waals surface area contributed by atoms with Crippen LogP contribution in [-0.2, 0) is 20.8 Å². The van der Waals surface area contributed by atoms with Gasteiger partial charge in [0, 0.05) is 44.2 Å². The predicted molar refractivity (Wildman–Crippen MR) is 117 cm³/mol. The summed E-state index contributed by atoms with van der Waals surface area (Å²) in [5.74, 6) is -3.12. The monoisotopic (exact) mass is 442 g/mol.